The van der Waals surface area contributed by atoms with Gasteiger partial charge in [-0.25, -0.2) is 0 Å². The second-order valence-corrected chi connectivity index (χ2v) is 7.58. The van der Waals surface area contributed by atoms with Gasteiger partial charge in [-0.05, 0) is 52.1 Å². The molecule has 0 bridgehead atoms. The molecule has 3 atom stereocenters. The Balaban J connectivity index is 0.00000205. The molecule has 1 fully saturated rings. The van der Waals surface area contributed by atoms with E-state index in [0.29, 0.717) is 12.0 Å². The van der Waals surface area contributed by atoms with Crippen molar-refractivity contribution >= 4 is 39.0 Å². The van der Waals surface area contributed by atoms with Gasteiger partial charge in [-0.15, -0.1) is 0 Å². The summed E-state index contributed by atoms with van der Waals surface area (Å²) in [7, 11) is 0. The number of amides is 1. The van der Waals surface area contributed by atoms with Gasteiger partial charge in [0.2, 0.25) is 5.91 Å². The fraction of sp³-hybridized carbons (Fsp3) is 0.217. The molecule has 5 rings (SSSR count). The van der Waals surface area contributed by atoms with E-state index in [2.05, 4.69) is 6.07 Å². The number of nitrogens with zero attached hydrogens (tertiary/aromatic N) is 1. The van der Waals surface area contributed by atoms with Crippen LogP contribution in [0, 0.1) is 5.92 Å². The number of carbonyl (C=O) groups excluding carboxylic acids is 2. The van der Waals surface area contributed by atoms with Gasteiger partial charge in [0.25, 0.3) is 0 Å². The van der Waals surface area contributed by atoms with E-state index in [1.165, 1.54) is 4.90 Å². The molecule has 3 aromatic carbocycles. The molecule has 140 valence electrons. The first-order valence-electron chi connectivity index (χ1n) is 9.35. The van der Waals surface area contributed by atoms with Gasteiger partial charge in [0, 0.05) is 0 Å². The molecular formula is C23H18KNO4. The molecule has 1 amide bonds. The zero-order valence-corrected chi connectivity index (χ0v) is 19.4. The molecule has 0 radical (unpaired) electrons. The van der Waals surface area contributed by atoms with Crippen LogP contribution in [0.2, 0.25) is 0 Å². The second kappa shape index (κ2) is 7.61. The molecule has 1 saturated heterocycles. The van der Waals surface area contributed by atoms with Crippen molar-refractivity contribution in [3.05, 3.63) is 65.9 Å². The molecule has 0 saturated carbocycles. The van der Waals surface area contributed by atoms with E-state index < -0.39 is 18.0 Å². The zero-order chi connectivity index (χ0) is 19.6. The Morgan fingerprint density at radius 3 is 2.45 bits per heavy atom. The van der Waals surface area contributed by atoms with Crippen LogP contribution in [0.1, 0.15) is 18.9 Å². The third kappa shape index (κ3) is 3.10. The van der Waals surface area contributed by atoms with E-state index in [1.54, 1.807) is 6.92 Å². The Hall–Kier alpha value is -1.54. The molecule has 0 spiro atoms. The van der Waals surface area contributed by atoms with Crippen molar-refractivity contribution in [2.24, 2.45) is 5.92 Å². The predicted molar refractivity (Wildman–Crippen MR) is 104 cm³/mol. The van der Waals surface area contributed by atoms with Crippen LogP contribution in [-0.2, 0) is 9.59 Å². The summed E-state index contributed by atoms with van der Waals surface area (Å²) in [5.74, 6) is -2.26. The standard InChI is InChI=1S/C23H19NO4.K/c1-12(25)20-19-11-18(21(23(27)28)24(19)22(20)26)15-9-8-14-7-6-13-4-2-3-5-16(13)17(14)10-15;/h2-10,12,19-20,25H,11H2,1H3,(H,27,28);/q;+1/p-1/t12-,19-,20-;/m1./s1. The van der Waals surface area contributed by atoms with Gasteiger partial charge in [-0.2, -0.15) is 0 Å². The van der Waals surface area contributed by atoms with Crippen molar-refractivity contribution in [1.82, 2.24) is 4.90 Å². The predicted octanol–water partition coefficient (Wildman–Crippen LogP) is -0.930. The van der Waals surface area contributed by atoms with Gasteiger partial charge in [0.05, 0.1) is 29.7 Å². The molecule has 3 aromatic rings. The maximum atomic E-state index is 12.4. The number of hydrogen-bond acceptors (Lipinski definition) is 4. The maximum Gasteiger partial charge on any atom is 1.00 e. The number of fused-ring (bicyclic) bond motifs is 4. The maximum absolute atomic E-state index is 12.4. The zero-order valence-electron chi connectivity index (χ0n) is 16.3. The topological polar surface area (TPSA) is 80.7 Å². The van der Waals surface area contributed by atoms with E-state index >= 15 is 0 Å². The summed E-state index contributed by atoms with van der Waals surface area (Å²) in [5.41, 5.74) is 1.30. The number of rotatable bonds is 3. The number of benzene rings is 3. The first kappa shape index (κ1) is 20.7. The Morgan fingerprint density at radius 1 is 1.10 bits per heavy atom. The smallest absolute Gasteiger partial charge is 0.543 e. The normalized spacial score (nSPS) is 21.7. The van der Waals surface area contributed by atoms with Crippen LogP contribution in [0.15, 0.2) is 60.3 Å². The van der Waals surface area contributed by atoms with Crippen molar-refractivity contribution in [2.45, 2.75) is 25.5 Å². The molecule has 0 unspecified atom stereocenters. The minimum Gasteiger partial charge on any atom is -0.543 e. The number of β-lactam (4-membered cyclic amide) rings is 1. The molecule has 2 heterocycles. The van der Waals surface area contributed by atoms with Gasteiger partial charge >= 0.3 is 51.4 Å². The molecule has 1 N–H and O–H groups in total. The first-order chi connectivity index (χ1) is 13.5. The van der Waals surface area contributed by atoms with Gasteiger partial charge in [0.15, 0.2) is 0 Å². The molecular weight excluding hydrogens is 393 g/mol. The fourth-order valence-electron chi connectivity index (χ4n) is 4.71. The molecule has 6 heteroatoms. The fourth-order valence-corrected chi connectivity index (χ4v) is 4.71. The largest absolute Gasteiger partial charge is 1.00 e. The number of aliphatic hydroxyl groups excluding tert-OH is 1. The Labute approximate surface area is 210 Å². The number of carbonyl (C=O) groups is 2. The van der Waals surface area contributed by atoms with Gasteiger partial charge in [-0.1, -0.05) is 48.5 Å². The summed E-state index contributed by atoms with van der Waals surface area (Å²) < 4.78 is 0. The average molecular weight is 411 g/mol. The molecule has 5 nitrogen and oxygen atoms in total. The van der Waals surface area contributed by atoms with Gasteiger partial charge in [0.1, 0.15) is 0 Å². The molecule has 2 aliphatic heterocycles. The summed E-state index contributed by atoms with van der Waals surface area (Å²) in [6, 6.07) is 17.7. The van der Waals surface area contributed by atoms with E-state index in [-0.39, 0.29) is 69.0 Å². The van der Waals surface area contributed by atoms with E-state index in [9.17, 15) is 19.8 Å². The van der Waals surface area contributed by atoms with Crippen molar-refractivity contribution in [3.63, 3.8) is 0 Å². The van der Waals surface area contributed by atoms with Gasteiger partial charge < -0.3 is 19.9 Å². The van der Waals surface area contributed by atoms with Crippen LogP contribution in [0.3, 0.4) is 0 Å². The van der Waals surface area contributed by atoms with Crippen LogP contribution in [0.4, 0.5) is 0 Å². The Bertz CT molecular complexity index is 1200. The minimum atomic E-state index is -1.35. The third-order valence-electron chi connectivity index (χ3n) is 6.02. The van der Waals surface area contributed by atoms with Crippen LogP contribution in [0.25, 0.3) is 27.1 Å². The van der Waals surface area contributed by atoms with E-state index in [0.717, 1.165) is 27.1 Å². The first-order valence-corrected chi connectivity index (χ1v) is 9.35. The number of carboxylic acids is 1. The number of aliphatic carboxylic acids is 1. The quantitative estimate of drug-likeness (QED) is 0.343. The molecule has 0 aromatic heterocycles. The van der Waals surface area contributed by atoms with Crippen LogP contribution < -0.4 is 56.5 Å². The van der Waals surface area contributed by atoms with Crippen molar-refractivity contribution in [1.29, 1.82) is 0 Å². The monoisotopic (exact) mass is 411 g/mol. The summed E-state index contributed by atoms with van der Waals surface area (Å²) in [6.45, 7) is 1.57. The number of aliphatic hydroxyl groups is 1. The van der Waals surface area contributed by atoms with Crippen LogP contribution in [0.5, 0.6) is 0 Å². The molecule has 2 aliphatic rings. The summed E-state index contributed by atoms with van der Waals surface area (Å²) in [5, 5.41) is 26.1. The Morgan fingerprint density at radius 2 is 1.76 bits per heavy atom. The minimum absolute atomic E-state index is 0. The second-order valence-electron chi connectivity index (χ2n) is 7.58. The third-order valence-corrected chi connectivity index (χ3v) is 6.02. The van der Waals surface area contributed by atoms with E-state index in [4.69, 9.17) is 0 Å². The molecule has 29 heavy (non-hydrogen) atoms. The average Bonchev–Trinajstić information content (AvgIpc) is 3.02. The number of hydrogen-bond donors (Lipinski definition) is 1. The molecule has 0 aliphatic carbocycles. The van der Waals surface area contributed by atoms with Crippen LogP contribution in [-0.4, -0.2) is 34.0 Å². The summed E-state index contributed by atoms with van der Waals surface area (Å²) >= 11 is 0. The Kier molecular flexibility index (Phi) is 5.44. The summed E-state index contributed by atoms with van der Waals surface area (Å²) in [4.78, 5) is 25.5. The van der Waals surface area contributed by atoms with Crippen molar-refractivity contribution < 1.29 is 71.2 Å². The van der Waals surface area contributed by atoms with Crippen LogP contribution >= 0.6 is 0 Å². The van der Waals surface area contributed by atoms with Crippen molar-refractivity contribution in [2.75, 3.05) is 0 Å². The van der Waals surface area contributed by atoms with Crippen molar-refractivity contribution in [3.8, 4) is 0 Å². The van der Waals surface area contributed by atoms with Gasteiger partial charge in [-0.3, -0.25) is 4.79 Å². The number of carboxylic acid groups (broad SMARTS) is 1. The summed E-state index contributed by atoms with van der Waals surface area (Å²) in [6.07, 6.45) is -0.405. The SMILES string of the molecule is C[C@@H](O)[C@H]1C(=O)N2C(C(=O)[O-])=C(c3ccc4ccc5ccccc5c4c3)C[C@H]12.[K+]. The van der Waals surface area contributed by atoms with E-state index in [1.807, 2.05) is 48.5 Å².